The molecule has 3 nitrogen and oxygen atoms in total. The van der Waals surface area contributed by atoms with E-state index in [0.717, 1.165) is 23.3 Å². The molecule has 1 atom stereocenters. The quantitative estimate of drug-likeness (QED) is 0.710. The van der Waals surface area contributed by atoms with Crippen molar-refractivity contribution in [2.75, 3.05) is 11.4 Å². The predicted molar refractivity (Wildman–Crippen MR) is 83.2 cm³/mol. The van der Waals surface area contributed by atoms with Crippen LogP contribution in [0.15, 0.2) is 47.4 Å². The molecule has 4 rings (SSSR count). The van der Waals surface area contributed by atoms with Crippen LogP contribution in [0.25, 0.3) is 10.9 Å². The second-order valence-corrected chi connectivity index (χ2v) is 5.90. The van der Waals surface area contributed by atoms with Crippen molar-refractivity contribution in [1.82, 2.24) is 9.97 Å². The Kier molecular flexibility index (Phi) is 2.89. The van der Waals surface area contributed by atoms with Gasteiger partial charge in [-0.1, -0.05) is 12.1 Å². The van der Waals surface area contributed by atoms with Gasteiger partial charge in [-0.2, -0.15) is 11.3 Å². The highest BCUT2D eigenvalue weighted by molar-refractivity contribution is 7.08. The van der Waals surface area contributed by atoms with Gasteiger partial charge in [-0.3, -0.25) is 0 Å². The van der Waals surface area contributed by atoms with Crippen LogP contribution in [0.1, 0.15) is 24.4 Å². The Labute approximate surface area is 121 Å². The van der Waals surface area contributed by atoms with Crippen LogP contribution < -0.4 is 4.90 Å². The van der Waals surface area contributed by atoms with E-state index in [1.54, 1.807) is 17.7 Å². The van der Waals surface area contributed by atoms with Crippen LogP contribution in [0.4, 0.5) is 5.82 Å². The molecule has 3 heterocycles. The predicted octanol–water partition coefficient (Wildman–Crippen LogP) is 4.03. The zero-order valence-electron chi connectivity index (χ0n) is 11.1. The number of nitrogens with zero attached hydrogens (tertiary/aromatic N) is 3. The number of hydrogen-bond donors (Lipinski definition) is 0. The molecule has 1 aliphatic rings. The summed E-state index contributed by atoms with van der Waals surface area (Å²) in [5.74, 6) is 1.07. The van der Waals surface area contributed by atoms with E-state index in [2.05, 4.69) is 49.9 Å². The summed E-state index contributed by atoms with van der Waals surface area (Å²) in [5, 5.41) is 5.56. The van der Waals surface area contributed by atoms with Gasteiger partial charge < -0.3 is 4.90 Å². The molecule has 0 spiro atoms. The Morgan fingerprint density at radius 2 is 2.10 bits per heavy atom. The van der Waals surface area contributed by atoms with Crippen LogP contribution >= 0.6 is 11.3 Å². The van der Waals surface area contributed by atoms with E-state index < -0.39 is 0 Å². The van der Waals surface area contributed by atoms with Crippen LogP contribution in [0, 0.1) is 0 Å². The summed E-state index contributed by atoms with van der Waals surface area (Å²) in [7, 11) is 0. The molecule has 1 aromatic carbocycles. The molecule has 100 valence electrons. The lowest BCUT2D eigenvalue weighted by Crippen LogP contribution is -2.23. The minimum Gasteiger partial charge on any atom is -0.349 e. The smallest absolute Gasteiger partial charge is 0.140 e. The van der Waals surface area contributed by atoms with Crippen molar-refractivity contribution in [2.45, 2.75) is 18.9 Å². The summed E-state index contributed by atoms with van der Waals surface area (Å²) in [6.07, 6.45) is 4.11. The summed E-state index contributed by atoms with van der Waals surface area (Å²) < 4.78 is 0. The Balaban J connectivity index is 1.82. The Morgan fingerprint density at radius 1 is 1.15 bits per heavy atom. The van der Waals surface area contributed by atoms with Gasteiger partial charge in [-0.15, -0.1) is 0 Å². The molecule has 4 heteroatoms. The summed E-state index contributed by atoms with van der Waals surface area (Å²) in [5.41, 5.74) is 2.43. The normalized spacial score (nSPS) is 18.8. The molecule has 1 fully saturated rings. The number of hydrogen-bond acceptors (Lipinski definition) is 4. The SMILES string of the molecule is c1ccc2c(N3CCC[C@H]3c3ccsc3)ncnc2c1. The monoisotopic (exact) mass is 281 g/mol. The Hall–Kier alpha value is -1.94. The molecular formula is C16H15N3S. The van der Waals surface area contributed by atoms with Gasteiger partial charge >= 0.3 is 0 Å². The zero-order chi connectivity index (χ0) is 13.4. The van der Waals surface area contributed by atoms with Gasteiger partial charge in [0.05, 0.1) is 11.6 Å². The summed E-state index contributed by atoms with van der Waals surface area (Å²) >= 11 is 1.77. The van der Waals surface area contributed by atoms with Gasteiger partial charge in [0.25, 0.3) is 0 Å². The summed E-state index contributed by atoms with van der Waals surface area (Å²) in [6, 6.07) is 10.9. The van der Waals surface area contributed by atoms with E-state index in [-0.39, 0.29) is 0 Å². The lowest BCUT2D eigenvalue weighted by molar-refractivity contribution is 0.716. The number of fused-ring (bicyclic) bond motifs is 1. The Bertz CT molecular complexity index is 718. The average molecular weight is 281 g/mol. The second kappa shape index (κ2) is 4.87. The molecule has 2 aromatic heterocycles. The van der Waals surface area contributed by atoms with Crippen molar-refractivity contribution in [1.29, 1.82) is 0 Å². The van der Waals surface area contributed by atoms with E-state index >= 15 is 0 Å². The molecule has 20 heavy (non-hydrogen) atoms. The Morgan fingerprint density at radius 3 is 3.00 bits per heavy atom. The van der Waals surface area contributed by atoms with Crippen molar-refractivity contribution in [2.24, 2.45) is 0 Å². The molecule has 0 radical (unpaired) electrons. The molecule has 0 bridgehead atoms. The fraction of sp³-hybridized carbons (Fsp3) is 0.250. The molecule has 0 aliphatic carbocycles. The largest absolute Gasteiger partial charge is 0.349 e. The van der Waals surface area contributed by atoms with Gasteiger partial charge in [-0.05, 0) is 47.4 Å². The van der Waals surface area contributed by atoms with Gasteiger partial charge in [0, 0.05) is 11.9 Å². The van der Waals surface area contributed by atoms with Crippen molar-refractivity contribution in [3.05, 3.63) is 53.0 Å². The van der Waals surface area contributed by atoms with E-state index in [0.29, 0.717) is 6.04 Å². The molecule has 1 saturated heterocycles. The maximum absolute atomic E-state index is 4.57. The lowest BCUT2D eigenvalue weighted by Gasteiger charge is -2.26. The highest BCUT2D eigenvalue weighted by atomic mass is 32.1. The summed E-state index contributed by atoms with van der Waals surface area (Å²) in [4.78, 5) is 11.4. The number of aromatic nitrogens is 2. The lowest BCUT2D eigenvalue weighted by atomic mass is 10.1. The van der Waals surface area contributed by atoms with Crippen molar-refractivity contribution in [3.8, 4) is 0 Å². The van der Waals surface area contributed by atoms with E-state index in [1.807, 2.05) is 6.07 Å². The number of benzene rings is 1. The maximum Gasteiger partial charge on any atom is 0.140 e. The topological polar surface area (TPSA) is 29.0 Å². The number of para-hydroxylation sites is 1. The molecule has 0 saturated carbocycles. The highest BCUT2D eigenvalue weighted by Crippen LogP contribution is 2.38. The number of thiophene rings is 1. The van der Waals surface area contributed by atoms with Crippen molar-refractivity contribution in [3.63, 3.8) is 0 Å². The first kappa shape index (κ1) is 11.9. The van der Waals surface area contributed by atoms with Crippen LogP contribution in [0.5, 0.6) is 0 Å². The second-order valence-electron chi connectivity index (χ2n) is 5.12. The van der Waals surface area contributed by atoms with Crippen molar-refractivity contribution >= 4 is 28.1 Å². The molecule has 0 amide bonds. The minimum atomic E-state index is 0.458. The molecule has 0 N–H and O–H groups in total. The minimum absolute atomic E-state index is 0.458. The molecule has 1 aliphatic heterocycles. The van der Waals surface area contributed by atoms with Gasteiger partial charge in [0.15, 0.2) is 0 Å². The van der Waals surface area contributed by atoms with Gasteiger partial charge in [0.1, 0.15) is 12.1 Å². The van der Waals surface area contributed by atoms with Crippen LogP contribution in [-0.4, -0.2) is 16.5 Å². The number of anilines is 1. The van der Waals surface area contributed by atoms with E-state index in [1.165, 1.54) is 18.4 Å². The van der Waals surface area contributed by atoms with Gasteiger partial charge in [0.2, 0.25) is 0 Å². The standard InChI is InChI=1S/C16H15N3S/c1-2-5-14-13(4-1)16(18-11-17-14)19-8-3-6-15(19)12-7-9-20-10-12/h1-2,4-5,7,9-11,15H,3,6,8H2/t15-/m0/s1. The van der Waals surface area contributed by atoms with Crippen molar-refractivity contribution < 1.29 is 0 Å². The van der Waals surface area contributed by atoms with Gasteiger partial charge in [-0.25, -0.2) is 9.97 Å². The zero-order valence-corrected chi connectivity index (χ0v) is 11.9. The van der Waals surface area contributed by atoms with E-state index in [9.17, 15) is 0 Å². The fourth-order valence-electron chi connectivity index (χ4n) is 3.05. The third kappa shape index (κ3) is 1.88. The van der Waals surface area contributed by atoms with E-state index in [4.69, 9.17) is 0 Å². The average Bonchev–Trinajstić information content (AvgIpc) is 3.17. The molecular weight excluding hydrogens is 266 g/mol. The first-order valence-corrected chi connectivity index (χ1v) is 7.86. The fourth-order valence-corrected chi connectivity index (χ4v) is 3.76. The summed E-state index contributed by atoms with van der Waals surface area (Å²) in [6.45, 7) is 1.07. The highest BCUT2D eigenvalue weighted by Gasteiger charge is 2.28. The molecule has 0 unspecified atom stereocenters. The third-order valence-corrected chi connectivity index (χ3v) is 4.68. The molecule has 3 aromatic rings. The third-order valence-electron chi connectivity index (χ3n) is 3.97. The first-order valence-electron chi connectivity index (χ1n) is 6.92. The van der Waals surface area contributed by atoms with Crippen LogP contribution in [-0.2, 0) is 0 Å². The first-order chi connectivity index (χ1) is 9.93. The maximum atomic E-state index is 4.57. The van der Waals surface area contributed by atoms with Crippen LogP contribution in [0.3, 0.4) is 0 Å². The van der Waals surface area contributed by atoms with Crippen LogP contribution in [0.2, 0.25) is 0 Å². The number of rotatable bonds is 2.